The predicted octanol–water partition coefficient (Wildman–Crippen LogP) is 1.15. The molecule has 0 amide bonds. The number of likely N-dealkylation sites (tertiary alicyclic amines) is 1. The molecule has 94 valence electrons. The number of carbonyl (C=O) groups is 1. The number of carbonyl (C=O) groups excluding carboxylic acids is 1. The third kappa shape index (κ3) is 3.36. The van der Waals surface area contributed by atoms with Crippen molar-refractivity contribution < 1.29 is 4.79 Å². The second-order valence-corrected chi connectivity index (χ2v) is 4.91. The van der Waals surface area contributed by atoms with E-state index in [1.54, 1.807) is 11.6 Å². The van der Waals surface area contributed by atoms with E-state index in [0.717, 1.165) is 25.2 Å². The molecule has 0 saturated carbocycles. The highest BCUT2D eigenvalue weighted by Gasteiger charge is 2.24. The van der Waals surface area contributed by atoms with Gasteiger partial charge in [0.1, 0.15) is 5.78 Å². The van der Waals surface area contributed by atoms with Gasteiger partial charge in [0.25, 0.3) is 0 Å². The molecular weight excluding hydrogens is 216 g/mol. The minimum Gasteiger partial charge on any atom is -0.300 e. The van der Waals surface area contributed by atoms with Crippen molar-refractivity contribution in [3.63, 3.8) is 0 Å². The van der Waals surface area contributed by atoms with E-state index in [2.05, 4.69) is 15.2 Å². The fourth-order valence-corrected chi connectivity index (χ4v) is 2.51. The van der Waals surface area contributed by atoms with Crippen molar-refractivity contribution >= 4 is 5.78 Å². The summed E-state index contributed by atoms with van der Waals surface area (Å²) < 4.78 is 1.72. The first-order valence-electron chi connectivity index (χ1n) is 6.24. The third-order valence-electron chi connectivity index (χ3n) is 3.29. The maximum absolute atomic E-state index is 11.3. The number of aryl methyl sites for hydroxylation is 1. The SMILES string of the molecule is CC(=O)CC1CCCCN1Cc1cn(C)nn1. The lowest BCUT2D eigenvalue weighted by atomic mass is 9.97. The monoisotopic (exact) mass is 236 g/mol. The average molecular weight is 236 g/mol. The Morgan fingerprint density at radius 1 is 1.53 bits per heavy atom. The van der Waals surface area contributed by atoms with Crippen molar-refractivity contribution in [2.24, 2.45) is 7.05 Å². The summed E-state index contributed by atoms with van der Waals surface area (Å²) in [5.41, 5.74) is 0.989. The molecule has 1 fully saturated rings. The molecule has 0 spiro atoms. The number of hydrogen-bond donors (Lipinski definition) is 0. The lowest BCUT2D eigenvalue weighted by molar-refractivity contribution is -0.118. The molecule has 1 aliphatic heterocycles. The Labute approximate surface area is 102 Å². The summed E-state index contributed by atoms with van der Waals surface area (Å²) in [4.78, 5) is 13.6. The molecule has 2 heterocycles. The molecule has 1 unspecified atom stereocenters. The van der Waals surface area contributed by atoms with Crippen LogP contribution in [0.5, 0.6) is 0 Å². The summed E-state index contributed by atoms with van der Waals surface area (Å²) in [5, 5.41) is 8.05. The molecule has 0 bridgehead atoms. The maximum Gasteiger partial charge on any atom is 0.131 e. The van der Waals surface area contributed by atoms with E-state index in [1.165, 1.54) is 12.8 Å². The number of rotatable bonds is 4. The van der Waals surface area contributed by atoms with Gasteiger partial charge in [0, 0.05) is 32.3 Å². The van der Waals surface area contributed by atoms with Gasteiger partial charge in [-0.25, -0.2) is 0 Å². The van der Waals surface area contributed by atoms with Crippen LogP contribution in [0.15, 0.2) is 6.20 Å². The van der Waals surface area contributed by atoms with Crippen LogP contribution in [0.3, 0.4) is 0 Å². The number of hydrogen-bond acceptors (Lipinski definition) is 4. The largest absolute Gasteiger partial charge is 0.300 e. The Morgan fingerprint density at radius 3 is 3.00 bits per heavy atom. The lowest BCUT2D eigenvalue weighted by Gasteiger charge is -2.34. The van der Waals surface area contributed by atoms with Gasteiger partial charge >= 0.3 is 0 Å². The van der Waals surface area contributed by atoms with Crippen molar-refractivity contribution in [2.45, 2.75) is 45.2 Å². The first-order valence-corrected chi connectivity index (χ1v) is 6.24. The smallest absolute Gasteiger partial charge is 0.131 e. The summed E-state index contributed by atoms with van der Waals surface area (Å²) in [6.07, 6.45) is 6.18. The zero-order valence-electron chi connectivity index (χ0n) is 10.6. The molecule has 5 nitrogen and oxygen atoms in total. The van der Waals surface area contributed by atoms with Gasteiger partial charge in [-0.05, 0) is 26.3 Å². The van der Waals surface area contributed by atoms with E-state index in [1.807, 2.05) is 13.2 Å². The first kappa shape index (κ1) is 12.2. The Balaban J connectivity index is 1.98. The van der Waals surface area contributed by atoms with Gasteiger partial charge in [-0.2, -0.15) is 0 Å². The summed E-state index contributed by atoms with van der Waals surface area (Å²) in [6, 6.07) is 0.392. The topological polar surface area (TPSA) is 51.0 Å². The van der Waals surface area contributed by atoms with Crippen LogP contribution in [0.1, 0.15) is 38.3 Å². The van der Waals surface area contributed by atoms with Crippen LogP contribution in [0.25, 0.3) is 0 Å². The molecule has 1 aromatic heterocycles. The van der Waals surface area contributed by atoms with Crippen molar-refractivity contribution in [2.75, 3.05) is 6.54 Å². The van der Waals surface area contributed by atoms with Crippen LogP contribution in [-0.4, -0.2) is 38.3 Å². The van der Waals surface area contributed by atoms with E-state index in [4.69, 9.17) is 0 Å². The average Bonchev–Trinajstić information content (AvgIpc) is 2.66. The van der Waals surface area contributed by atoms with Gasteiger partial charge in [0.2, 0.25) is 0 Å². The summed E-state index contributed by atoms with van der Waals surface area (Å²) >= 11 is 0. The molecule has 5 heteroatoms. The predicted molar refractivity (Wildman–Crippen MR) is 64.4 cm³/mol. The molecule has 0 aromatic carbocycles. The van der Waals surface area contributed by atoms with E-state index < -0.39 is 0 Å². The molecule has 1 aromatic rings. The number of ketones is 1. The Hall–Kier alpha value is -1.23. The van der Waals surface area contributed by atoms with Crippen molar-refractivity contribution in [3.05, 3.63) is 11.9 Å². The van der Waals surface area contributed by atoms with Gasteiger partial charge in [-0.1, -0.05) is 11.6 Å². The van der Waals surface area contributed by atoms with E-state index in [0.29, 0.717) is 12.5 Å². The summed E-state index contributed by atoms with van der Waals surface area (Å²) in [6.45, 7) is 3.55. The zero-order chi connectivity index (χ0) is 12.3. The summed E-state index contributed by atoms with van der Waals surface area (Å²) in [7, 11) is 1.87. The van der Waals surface area contributed by atoms with Crippen LogP contribution in [0, 0.1) is 0 Å². The zero-order valence-corrected chi connectivity index (χ0v) is 10.6. The standard InChI is InChI=1S/C12H20N4O/c1-10(17)7-12-5-3-4-6-16(12)9-11-8-15(2)14-13-11/h8,12H,3-7,9H2,1-2H3. The van der Waals surface area contributed by atoms with Gasteiger partial charge in [-0.15, -0.1) is 5.10 Å². The lowest BCUT2D eigenvalue weighted by Crippen LogP contribution is -2.40. The molecule has 1 aliphatic rings. The highest BCUT2D eigenvalue weighted by Crippen LogP contribution is 2.21. The van der Waals surface area contributed by atoms with Gasteiger partial charge in [-0.3, -0.25) is 14.4 Å². The second-order valence-electron chi connectivity index (χ2n) is 4.91. The molecular formula is C12H20N4O. The van der Waals surface area contributed by atoms with Crippen LogP contribution in [0.4, 0.5) is 0 Å². The van der Waals surface area contributed by atoms with E-state index in [-0.39, 0.29) is 5.78 Å². The third-order valence-corrected chi connectivity index (χ3v) is 3.29. The van der Waals surface area contributed by atoms with Crippen LogP contribution in [-0.2, 0) is 18.4 Å². The van der Waals surface area contributed by atoms with Crippen LogP contribution < -0.4 is 0 Å². The second kappa shape index (κ2) is 5.40. The quantitative estimate of drug-likeness (QED) is 0.787. The number of Topliss-reactive ketones (excluding diaryl/α,β-unsaturated/α-hetero) is 1. The number of nitrogens with zero attached hydrogens (tertiary/aromatic N) is 4. The minimum atomic E-state index is 0.279. The van der Waals surface area contributed by atoms with Crippen LogP contribution in [0.2, 0.25) is 0 Å². The molecule has 2 rings (SSSR count). The Morgan fingerprint density at radius 2 is 2.35 bits per heavy atom. The number of piperidine rings is 1. The normalized spacial score (nSPS) is 21.6. The number of aromatic nitrogens is 3. The van der Waals surface area contributed by atoms with Crippen molar-refractivity contribution in [1.82, 2.24) is 19.9 Å². The van der Waals surface area contributed by atoms with Gasteiger partial charge in [0.15, 0.2) is 0 Å². The highest BCUT2D eigenvalue weighted by molar-refractivity contribution is 5.76. The highest BCUT2D eigenvalue weighted by atomic mass is 16.1. The molecule has 1 atom stereocenters. The van der Waals surface area contributed by atoms with Gasteiger partial charge < -0.3 is 0 Å². The van der Waals surface area contributed by atoms with E-state index >= 15 is 0 Å². The molecule has 1 saturated heterocycles. The van der Waals surface area contributed by atoms with Gasteiger partial charge in [0.05, 0.1) is 5.69 Å². The minimum absolute atomic E-state index is 0.279. The molecule has 0 N–H and O–H groups in total. The van der Waals surface area contributed by atoms with Crippen molar-refractivity contribution in [3.8, 4) is 0 Å². The molecule has 17 heavy (non-hydrogen) atoms. The fraction of sp³-hybridized carbons (Fsp3) is 0.750. The maximum atomic E-state index is 11.3. The summed E-state index contributed by atoms with van der Waals surface area (Å²) in [5.74, 6) is 0.279. The Bertz CT molecular complexity index is 388. The molecule has 0 aliphatic carbocycles. The first-order chi connectivity index (χ1) is 8.15. The van der Waals surface area contributed by atoms with Crippen LogP contribution >= 0.6 is 0 Å². The molecule has 0 radical (unpaired) electrons. The fourth-order valence-electron chi connectivity index (χ4n) is 2.51. The van der Waals surface area contributed by atoms with Crippen molar-refractivity contribution in [1.29, 1.82) is 0 Å². The van der Waals surface area contributed by atoms with E-state index in [9.17, 15) is 4.79 Å². The Kier molecular flexibility index (Phi) is 3.89.